The number of methoxy groups -OCH3 is 1. The summed E-state index contributed by atoms with van der Waals surface area (Å²) in [4.78, 5) is 0. The van der Waals surface area contributed by atoms with Crippen molar-refractivity contribution in [2.75, 3.05) is 13.7 Å². The zero-order chi connectivity index (χ0) is 20.6. The highest BCUT2D eigenvalue weighted by Gasteiger charge is 2.13. The van der Waals surface area contributed by atoms with Crippen LogP contribution >= 0.6 is 11.6 Å². The number of halogens is 2. The van der Waals surface area contributed by atoms with E-state index in [1.54, 1.807) is 30.3 Å². The van der Waals surface area contributed by atoms with Crippen LogP contribution in [0.1, 0.15) is 22.8 Å². The molecular formula is C23H23ClFNO3. The van der Waals surface area contributed by atoms with E-state index in [-0.39, 0.29) is 12.4 Å². The molecule has 3 rings (SSSR count). The predicted molar refractivity (Wildman–Crippen MR) is 112 cm³/mol. The van der Waals surface area contributed by atoms with Gasteiger partial charge in [-0.05, 0) is 23.3 Å². The molecule has 0 heterocycles. The second kappa shape index (κ2) is 10.3. The van der Waals surface area contributed by atoms with E-state index in [9.17, 15) is 9.50 Å². The van der Waals surface area contributed by atoms with Gasteiger partial charge in [0.1, 0.15) is 12.4 Å². The number of rotatable bonds is 9. The molecule has 0 amide bonds. The molecule has 0 bridgehead atoms. The van der Waals surface area contributed by atoms with Crippen molar-refractivity contribution in [3.8, 4) is 11.5 Å². The molecule has 3 aromatic carbocycles. The molecule has 6 heteroatoms. The molecule has 29 heavy (non-hydrogen) atoms. The monoisotopic (exact) mass is 415 g/mol. The number of nitrogens with one attached hydrogen (secondary N) is 1. The molecule has 1 unspecified atom stereocenters. The maximum atomic E-state index is 13.8. The number of aliphatic hydroxyl groups excluding tert-OH is 1. The summed E-state index contributed by atoms with van der Waals surface area (Å²) in [6.07, 6.45) is -0.611. The molecule has 0 aliphatic rings. The summed E-state index contributed by atoms with van der Waals surface area (Å²) in [6.45, 7) is 0.904. The van der Waals surface area contributed by atoms with Gasteiger partial charge in [0, 0.05) is 29.7 Å². The van der Waals surface area contributed by atoms with E-state index in [0.717, 1.165) is 11.1 Å². The van der Waals surface area contributed by atoms with Gasteiger partial charge in [-0.2, -0.15) is 0 Å². The summed E-state index contributed by atoms with van der Waals surface area (Å²) in [7, 11) is 1.54. The SMILES string of the molecule is COc1cc(CNCC(O)c2ccccc2)c(Cl)cc1OCc1ccccc1F. The van der Waals surface area contributed by atoms with Crippen LogP contribution in [0.4, 0.5) is 4.39 Å². The summed E-state index contributed by atoms with van der Waals surface area (Å²) in [6, 6.07) is 19.3. The van der Waals surface area contributed by atoms with Gasteiger partial charge in [-0.15, -0.1) is 0 Å². The summed E-state index contributed by atoms with van der Waals surface area (Å²) in [5.74, 6) is 0.621. The molecule has 0 fully saturated rings. The van der Waals surface area contributed by atoms with Crippen LogP contribution < -0.4 is 14.8 Å². The predicted octanol–water partition coefficient (Wildman–Crippen LogP) is 4.89. The van der Waals surface area contributed by atoms with Crippen molar-refractivity contribution in [1.29, 1.82) is 0 Å². The minimum atomic E-state index is -0.611. The molecule has 1 atom stereocenters. The molecule has 4 nitrogen and oxygen atoms in total. The molecular weight excluding hydrogens is 393 g/mol. The lowest BCUT2D eigenvalue weighted by Crippen LogP contribution is -2.21. The average molecular weight is 416 g/mol. The Balaban J connectivity index is 1.62. The van der Waals surface area contributed by atoms with Gasteiger partial charge in [0.05, 0.1) is 13.2 Å². The number of hydrogen-bond acceptors (Lipinski definition) is 4. The highest BCUT2D eigenvalue weighted by molar-refractivity contribution is 6.31. The number of benzene rings is 3. The smallest absolute Gasteiger partial charge is 0.163 e. The minimum Gasteiger partial charge on any atom is -0.493 e. The number of aliphatic hydroxyl groups is 1. The zero-order valence-corrected chi connectivity index (χ0v) is 16.8. The fourth-order valence-electron chi connectivity index (χ4n) is 2.89. The van der Waals surface area contributed by atoms with Crippen LogP contribution in [0.3, 0.4) is 0 Å². The topological polar surface area (TPSA) is 50.7 Å². The van der Waals surface area contributed by atoms with E-state index >= 15 is 0 Å². The highest BCUT2D eigenvalue weighted by atomic mass is 35.5. The van der Waals surface area contributed by atoms with Crippen molar-refractivity contribution < 1.29 is 19.0 Å². The molecule has 2 N–H and O–H groups in total. The van der Waals surface area contributed by atoms with Crippen LogP contribution in [0.2, 0.25) is 5.02 Å². The van der Waals surface area contributed by atoms with Gasteiger partial charge in [0.2, 0.25) is 0 Å². The molecule has 0 saturated heterocycles. The Kier molecular flexibility index (Phi) is 7.47. The van der Waals surface area contributed by atoms with Crippen LogP contribution in [0.15, 0.2) is 66.7 Å². The van der Waals surface area contributed by atoms with Crippen LogP contribution in [-0.4, -0.2) is 18.8 Å². The molecule has 0 aromatic heterocycles. The molecule has 0 radical (unpaired) electrons. The van der Waals surface area contributed by atoms with Gasteiger partial charge < -0.3 is 19.9 Å². The van der Waals surface area contributed by atoms with Crippen molar-refractivity contribution in [2.45, 2.75) is 19.3 Å². The zero-order valence-electron chi connectivity index (χ0n) is 16.1. The first-order valence-electron chi connectivity index (χ1n) is 9.25. The van der Waals surface area contributed by atoms with Gasteiger partial charge >= 0.3 is 0 Å². The lowest BCUT2D eigenvalue weighted by molar-refractivity contribution is 0.174. The fourth-order valence-corrected chi connectivity index (χ4v) is 3.11. The van der Waals surface area contributed by atoms with Crippen molar-refractivity contribution >= 4 is 11.6 Å². The second-order valence-corrected chi connectivity index (χ2v) is 6.94. The van der Waals surface area contributed by atoms with Crippen LogP contribution in [0, 0.1) is 5.82 Å². The van der Waals surface area contributed by atoms with E-state index in [1.807, 2.05) is 30.3 Å². The number of hydrogen-bond donors (Lipinski definition) is 2. The van der Waals surface area contributed by atoms with Gasteiger partial charge in [-0.3, -0.25) is 0 Å². The molecule has 0 saturated carbocycles. The Labute approximate surface area is 174 Å². The summed E-state index contributed by atoms with van der Waals surface area (Å²) in [5, 5.41) is 13.9. The fraction of sp³-hybridized carbons (Fsp3) is 0.217. The van der Waals surface area contributed by atoms with E-state index in [2.05, 4.69) is 5.32 Å². The van der Waals surface area contributed by atoms with Crippen LogP contribution in [-0.2, 0) is 13.2 Å². The maximum absolute atomic E-state index is 13.8. The van der Waals surface area contributed by atoms with Crippen molar-refractivity contribution in [3.05, 3.63) is 94.3 Å². The maximum Gasteiger partial charge on any atom is 0.163 e. The largest absolute Gasteiger partial charge is 0.493 e. The third kappa shape index (κ3) is 5.70. The second-order valence-electron chi connectivity index (χ2n) is 6.53. The van der Waals surface area contributed by atoms with Gasteiger partial charge in [-0.25, -0.2) is 4.39 Å². The van der Waals surface area contributed by atoms with E-state index in [0.29, 0.717) is 35.2 Å². The third-order valence-corrected chi connectivity index (χ3v) is 4.86. The molecule has 152 valence electrons. The Morgan fingerprint density at radius 2 is 1.72 bits per heavy atom. The highest BCUT2D eigenvalue weighted by Crippen LogP contribution is 2.34. The van der Waals surface area contributed by atoms with Crippen LogP contribution in [0.5, 0.6) is 11.5 Å². The quantitative estimate of drug-likeness (QED) is 0.522. The first-order valence-corrected chi connectivity index (χ1v) is 9.62. The lowest BCUT2D eigenvalue weighted by Gasteiger charge is -2.16. The first kappa shape index (κ1) is 21.1. The van der Waals surface area contributed by atoms with Crippen molar-refractivity contribution in [3.63, 3.8) is 0 Å². The molecule has 0 aliphatic carbocycles. The van der Waals surface area contributed by atoms with Crippen molar-refractivity contribution in [1.82, 2.24) is 5.32 Å². The normalized spacial score (nSPS) is 11.9. The summed E-state index contributed by atoms with van der Waals surface area (Å²) < 4.78 is 24.9. The summed E-state index contributed by atoms with van der Waals surface area (Å²) in [5.41, 5.74) is 2.11. The third-order valence-electron chi connectivity index (χ3n) is 4.51. The van der Waals surface area contributed by atoms with E-state index < -0.39 is 6.10 Å². The Morgan fingerprint density at radius 1 is 1.00 bits per heavy atom. The van der Waals surface area contributed by atoms with Gasteiger partial charge in [-0.1, -0.05) is 60.1 Å². The Hall–Kier alpha value is -2.60. The van der Waals surface area contributed by atoms with E-state index in [1.165, 1.54) is 13.2 Å². The molecule has 0 aliphatic heterocycles. The lowest BCUT2D eigenvalue weighted by atomic mass is 10.1. The van der Waals surface area contributed by atoms with Gasteiger partial charge in [0.15, 0.2) is 11.5 Å². The molecule has 0 spiro atoms. The van der Waals surface area contributed by atoms with Crippen molar-refractivity contribution in [2.24, 2.45) is 0 Å². The van der Waals surface area contributed by atoms with Gasteiger partial charge in [0.25, 0.3) is 0 Å². The first-order chi connectivity index (χ1) is 14.1. The minimum absolute atomic E-state index is 0.0697. The average Bonchev–Trinajstić information content (AvgIpc) is 2.75. The standard InChI is InChI=1S/C23H23ClFNO3/c1-28-22-11-18(13-26-14-21(27)16-7-3-2-4-8-16)19(24)12-23(22)29-15-17-9-5-6-10-20(17)25/h2-12,21,26-27H,13-15H2,1H3. The van der Waals surface area contributed by atoms with Crippen LogP contribution in [0.25, 0.3) is 0 Å². The molecule has 3 aromatic rings. The van der Waals surface area contributed by atoms with E-state index in [4.69, 9.17) is 21.1 Å². The summed E-state index contributed by atoms with van der Waals surface area (Å²) >= 11 is 6.39. The Bertz CT molecular complexity index is 937. The Morgan fingerprint density at radius 3 is 2.45 bits per heavy atom. The number of ether oxygens (including phenoxy) is 2.